The second-order valence-corrected chi connectivity index (χ2v) is 6.59. The number of hydrogen-bond acceptors (Lipinski definition) is 3. The zero-order valence-corrected chi connectivity index (χ0v) is 15.4. The number of alkyl halides is 3. The first-order chi connectivity index (χ1) is 13.4. The van der Waals surface area contributed by atoms with Gasteiger partial charge in [0, 0.05) is 18.9 Å². The molecule has 0 amide bonds. The summed E-state index contributed by atoms with van der Waals surface area (Å²) in [5, 5.41) is 10.3. The van der Waals surface area contributed by atoms with Crippen LogP contribution in [-0.4, -0.2) is 17.2 Å². The third-order valence-electron chi connectivity index (χ3n) is 4.82. The summed E-state index contributed by atoms with van der Waals surface area (Å²) in [5.41, 5.74) is -0.284. The highest BCUT2D eigenvalue weighted by atomic mass is 19.4. The van der Waals surface area contributed by atoms with Crippen LogP contribution in [0.25, 0.3) is 0 Å². The van der Waals surface area contributed by atoms with Crippen molar-refractivity contribution >= 4 is 5.71 Å². The van der Waals surface area contributed by atoms with Crippen LogP contribution in [0.15, 0.2) is 72.0 Å². The van der Waals surface area contributed by atoms with Gasteiger partial charge < -0.3 is 4.90 Å². The lowest BCUT2D eigenvalue weighted by Gasteiger charge is -2.41. The third kappa shape index (κ3) is 3.53. The average Bonchev–Trinajstić information content (AvgIpc) is 2.72. The number of unbranched alkanes of at least 4 members (excludes halogenated alkanes) is 1. The van der Waals surface area contributed by atoms with Gasteiger partial charge in [-0.05, 0) is 29.7 Å². The van der Waals surface area contributed by atoms with Gasteiger partial charge in [0.05, 0.1) is 11.3 Å². The number of hydrogen-bond donors (Lipinski definition) is 0. The van der Waals surface area contributed by atoms with Crippen molar-refractivity contribution in [2.24, 2.45) is 4.99 Å². The molecule has 0 aliphatic carbocycles. The molecule has 1 atom stereocenters. The molecule has 0 spiro atoms. The van der Waals surface area contributed by atoms with Crippen molar-refractivity contribution in [1.82, 2.24) is 4.90 Å². The van der Waals surface area contributed by atoms with E-state index in [4.69, 9.17) is 0 Å². The van der Waals surface area contributed by atoms with Crippen molar-refractivity contribution < 1.29 is 13.2 Å². The van der Waals surface area contributed by atoms with Gasteiger partial charge in [0.25, 0.3) is 0 Å². The number of nitriles is 1. The summed E-state index contributed by atoms with van der Waals surface area (Å²) >= 11 is 0. The number of rotatable bonds is 5. The number of aliphatic imine (C=N–C) groups is 1. The van der Waals surface area contributed by atoms with E-state index in [1.54, 1.807) is 12.4 Å². The highest BCUT2D eigenvalue weighted by Gasteiger charge is 2.44. The van der Waals surface area contributed by atoms with E-state index in [1.165, 1.54) is 12.1 Å². The van der Waals surface area contributed by atoms with Crippen LogP contribution in [0.1, 0.15) is 36.5 Å². The first-order valence-corrected chi connectivity index (χ1v) is 9.09. The van der Waals surface area contributed by atoms with Gasteiger partial charge in [-0.15, -0.1) is 0 Å². The standard InChI is InChI=1S/C22H20F3N3/c1-2-3-14-28-15-13-27-20(17-9-11-19(12-10-17)22(23,24)25)21(28,16-26)18-7-5-4-6-8-18/h4-13,15H,2-3,14H2,1H3. The minimum atomic E-state index is -4.41. The second kappa shape index (κ2) is 7.89. The molecule has 2 aromatic carbocycles. The summed E-state index contributed by atoms with van der Waals surface area (Å²) in [6, 6.07) is 16.5. The molecular formula is C22H20F3N3. The van der Waals surface area contributed by atoms with Crippen LogP contribution in [-0.2, 0) is 11.7 Å². The minimum absolute atomic E-state index is 0.425. The molecule has 0 saturated heterocycles. The monoisotopic (exact) mass is 383 g/mol. The normalized spacial score (nSPS) is 19.2. The third-order valence-corrected chi connectivity index (χ3v) is 4.82. The Morgan fingerprint density at radius 2 is 1.75 bits per heavy atom. The van der Waals surface area contributed by atoms with Crippen molar-refractivity contribution in [1.29, 1.82) is 5.26 Å². The van der Waals surface area contributed by atoms with E-state index in [0.717, 1.165) is 30.5 Å². The molecule has 28 heavy (non-hydrogen) atoms. The van der Waals surface area contributed by atoms with Crippen molar-refractivity contribution in [3.05, 3.63) is 83.7 Å². The summed E-state index contributed by atoms with van der Waals surface area (Å²) < 4.78 is 38.8. The summed E-state index contributed by atoms with van der Waals surface area (Å²) in [7, 11) is 0. The minimum Gasteiger partial charge on any atom is -0.349 e. The Morgan fingerprint density at radius 3 is 2.32 bits per heavy atom. The Morgan fingerprint density at radius 1 is 1.07 bits per heavy atom. The Bertz CT molecular complexity index is 909. The molecule has 0 aromatic heterocycles. The molecule has 6 heteroatoms. The SMILES string of the molecule is CCCCN1C=CN=C(c2ccc(C(F)(F)F)cc2)C1(C#N)c1ccccc1. The van der Waals surface area contributed by atoms with Crippen LogP contribution >= 0.6 is 0 Å². The van der Waals surface area contributed by atoms with Gasteiger partial charge >= 0.3 is 6.18 Å². The predicted octanol–water partition coefficient (Wildman–Crippen LogP) is 5.50. The summed E-state index contributed by atoms with van der Waals surface area (Å²) in [4.78, 5) is 6.36. The maximum atomic E-state index is 12.9. The molecule has 1 aliphatic heterocycles. The Balaban J connectivity index is 2.13. The van der Waals surface area contributed by atoms with Gasteiger partial charge in [-0.3, -0.25) is 4.99 Å². The van der Waals surface area contributed by atoms with E-state index in [1.807, 2.05) is 35.2 Å². The van der Waals surface area contributed by atoms with Crippen LogP contribution in [0, 0.1) is 11.3 Å². The zero-order valence-electron chi connectivity index (χ0n) is 15.4. The number of nitrogens with zero attached hydrogens (tertiary/aromatic N) is 3. The molecule has 1 aliphatic rings. The van der Waals surface area contributed by atoms with E-state index in [-0.39, 0.29) is 0 Å². The summed E-state index contributed by atoms with van der Waals surface area (Å²) in [6.07, 6.45) is 0.792. The molecule has 2 aromatic rings. The van der Waals surface area contributed by atoms with Crippen molar-refractivity contribution in [2.75, 3.05) is 6.54 Å². The quantitative estimate of drug-likeness (QED) is 0.684. The van der Waals surface area contributed by atoms with E-state index in [0.29, 0.717) is 17.8 Å². The topological polar surface area (TPSA) is 39.4 Å². The molecule has 0 N–H and O–H groups in total. The van der Waals surface area contributed by atoms with Crippen LogP contribution < -0.4 is 0 Å². The van der Waals surface area contributed by atoms with Gasteiger partial charge in [-0.1, -0.05) is 55.8 Å². The van der Waals surface area contributed by atoms with Gasteiger partial charge in [0.1, 0.15) is 6.07 Å². The molecule has 3 nitrogen and oxygen atoms in total. The lowest BCUT2D eigenvalue weighted by Crippen LogP contribution is -2.50. The van der Waals surface area contributed by atoms with Gasteiger partial charge in [-0.25, -0.2) is 0 Å². The molecule has 0 radical (unpaired) electrons. The number of halogens is 3. The maximum absolute atomic E-state index is 12.9. The van der Waals surface area contributed by atoms with E-state index in [2.05, 4.69) is 18.0 Å². The van der Waals surface area contributed by atoms with E-state index < -0.39 is 17.3 Å². The Hall–Kier alpha value is -3.07. The largest absolute Gasteiger partial charge is 0.416 e. The Kier molecular flexibility index (Phi) is 5.55. The van der Waals surface area contributed by atoms with E-state index >= 15 is 0 Å². The lowest BCUT2D eigenvalue weighted by molar-refractivity contribution is -0.137. The first kappa shape index (κ1) is 19.7. The van der Waals surface area contributed by atoms with Crippen molar-refractivity contribution in [3.63, 3.8) is 0 Å². The Labute approximate surface area is 162 Å². The summed E-state index contributed by atoms with van der Waals surface area (Å²) in [5.74, 6) is 0. The fourth-order valence-electron chi connectivity index (χ4n) is 3.36. The lowest BCUT2D eigenvalue weighted by atomic mass is 9.80. The van der Waals surface area contributed by atoms with Gasteiger partial charge in [-0.2, -0.15) is 18.4 Å². The predicted molar refractivity (Wildman–Crippen MR) is 102 cm³/mol. The highest BCUT2D eigenvalue weighted by Crippen LogP contribution is 2.37. The molecule has 1 heterocycles. The van der Waals surface area contributed by atoms with Crippen molar-refractivity contribution in [3.8, 4) is 6.07 Å². The molecule has 144 valence electrons. The van der Waals surface area contributed by atoms with Crippen LogP contribution in [0.3, 0.4) is 0 Å². The average molecular weight is 383 g/mol. The van der Waals surface area contributed by atoms with Crippen LogP contribution in [0.4, 0.5) is 13.2 Å². The fourth-order valence-corrected chi connectivity index (χ4v) is 3.36. The molecule has 0 bridgehead atoms. The smallest absolute Gasteiger partial charge is 0.349 e. The van der Waals surface area contributed by atoms with Crippen molar-refractivity contribution in [2.45, 2.75) is 31.5 Å². The maximum Gasteiger partial charge on any atom is 0.416 e. The molecule has 3 rings (SSSR count). The number of benzene rings is 2. The molecule has 0 fully saturated rings. The van der Waals surface area contributed by atoms with Gasteiger partial charge in [0.15, 0.2) is 5.54 Å². The first-order valence-electron chi connectivity index (χ1n) is 9.09. The molecular weight excluding hydrogens is 363 g/mol. The highest BCUT2D eigenvalue weighted by molar-refractivity contribution is 6.10. The van der Waals surface area contributed by atoms with Gasteiger partial charge in [0.2, 0.25) is 0 Å². The van der Waals surface area contributed by atoms with Crippen LogP contribution in [0.2, 0.25) is 0 Å². The molecule has 1 unspecified atom stereocenters. The van der Waals surface area contributed by atoms with E-state index in [9.17, 15) is 18.4 Å². The fraction of sp³-hybridized carbons (Fsp3) is 0.273. The summed E-state index contributed by atoms with van der Waals surface area (Å²) in [6.45, 7) is 2.70. The second-order valence-electron chi connectivity index (χ2n) is 6.59. The zero-order chi connectivity index (χ0) is 20.2. The molecule has 0 saturated carbocycles. The van der Waals surface area contributed by atoms with Crippen LogP contribution in [0.5, 0.6) is 0 Å².